The number of likely N-dealkylation sites (tertiary alicyclic amines) is 1. The van der Waals surface area contributed by atoms with Crippen LogP contribution in [0.25, 0.3) is 0 Å². The van der Waals surface area contributed by atoms with Crippen molar-refractivity contribution in [3.8, 4) is 0 Å². The number of pyridine rings is 1. The highest BCUT2D eigenvalue weighted by Crippen LogP contribution is 2.34. The van der Waals surface area contributed by atoms with E-state index < -0.39 is 0 Å². The highest BCUT2D eigenvalue weighted by Gasteiger charge is 2.35. The molecule has 1 fully saturated rings. The van der Waals surface area contributed by atoms with Gasteiger partial charge in [0, 0.05) is 49.1 Å². The fourth-order valence-corrected chi connectivity index (χ4v) is 3.88. The Morgan fingerprint density at radius 3 is 2.96 bits per heavy atom. The number of aryl methyl sites for hydroxylation is 1. The summed E-state index contributed by atoms with van der Waals surface area (Å²) in [7, 11) is 0. The normalized spacial score (nSPS) is 22.6. The lowest BCUT2D eigenvalue weighted by Crippen LogP contribution is -2.51. The standard InChI is InChI=1S/C17H20N6O2/c1-10-5-14(24)20-17(19-10)21-16(18)22-7-11-6-12(9-22)13-3-2-4-15(25)23(13)8-11/h2-5,11-12H,6-9H2,1H3,(H3,18,19,20,21,24)/t11-,12+/m1/s1. The molecule has 2 aliphatic rings. The molecule has 4 heterocycles. The first-order valence-corrected chi connectivity index (χ1v) is 8.36. The number of H-pyrrole nitrogens is 1. The molecule has 0 saturated carbocycles. The molecule has 0 unspecified atom stereocenters. The second-order valence-electron chi connectivity index (χ2n) is 6.78. The van der Waals surface area contributed by atoms with Gasteiger partial charge in [0.05, 0.1) is 0 Å². The third kappa shape index (κ3) is 2.95. The number of fused-ring (bicyclic) bond motifs is 4. The molecule has 8 nitrogen and oxygen atoms in total. The number of nitrogens with two attached hydrogens (primary N) is 1. The molecule has 0 amide bonds. The fourth-order valence-electron chi connectivity index (χ4n) is 3.88. The number of piperidine rings is 1. The third-order valence-corrected chi connectivity index (χ3v) is 4.88. The predicted octanol–water partition coefficient (Wildman–Crippen LogP) is 0.306. The minimum absolute atomic E-state index is 0.0591. The van der Waals surface area contributed by atoms with Gasteiger partial charge in [0.25, 0.3) is 11.1 Å². The summed E-state index contributed by atoms with van der Waals surface area (Å²) in [6, 6.07) is 6.85. The molecule has 3 N–H and O–H groups in total. The molecule has 0 aromatic carbocycles. The zero-order valence-corrected chi connectivity index (χ0v) is 14.0. The Labute approximate surface area is 144 Å². The molecule has 2 aromatic rings. The number of aromatic nitrogens is 3. The van der Waals surface area contributed by atoms with Crippen LogP contribution in [0.2, 0.25) is 0 Å². The molecule has 25 heavy (non-hydrogen) atoms. The number of nitrogens with one attached hydrogen (secondary N) is 1. The van der Waals surface area contributed by atoms with Gasteiger partial charge in [-0.3, -0.25) is 14.6 Å². The Balaban J connectivity index is 1.62. The van der Waals surface area contributed by atoms with E-state index >= 15 is 0 Å². The first kappa shape index (κ1) is 15.6. The summed E-state index contributed by atoms with van der Waals surface area (Å²) in [4.78, 5) is 36.7. The molecule has 4 rings (SSSR count). The van der Waals surface area contributed by atoms with Gasteiger partial charge in [-0.05, 0) is 25.3 Å². The van der Waals surface area contributed by atoms with Crippen molar-refractivity contribution in [3.05, 3.63) is 56.4 Å². The zero-order valence-electron chi connectivity index (χ0n) is 14.0. The molecule has 1 saturated heterocycles. The van der Waals surface area contributed by atoms with Crippen LogP contribution in [0.4, 0.5) is 5.95 Å². The van der Waals surface area contributed by atoms with Gasteiger partial charge in [0.2, 0.25) is 5.95 Å². The van der Waals surface area contributed by atoms with Crippen LogP contribution < -0.4 is 16.9 Å². The molecule has 2 bridgehead atoms. The van der Waals surface area contributed by atoms with Gasteiger partial charge in [-0.2, -0.15) is 4.99 Å². The minimum Gasteiger partial charge on any atom is -0.369 e. The predicted molar refractivity (Wildman–Crippen MR) is 94.0 cm³/mol. The molecule has 0 radical (unpaired) electrons. The topological polar surface area (TPSA) is 109 Å². The van der Waals surface area contributed by atoms with Crippen LogP contribution in [0.3, 0.4) is 0 Å². The van der Waals surface area contributed by atoms with E-state index in [0.29, 0.717) is 30.7 Å². The molecular weight excluding hydrogens is 320 g/mol. The van der Waals surface area contributed by atoms with E-state index in [1.807, 2.05) is 21.6 Å². The number of hydrogen-bond donors (Lipinski definition) is 2. The lowest BCUT2D eigenvalue weighted by atomic mass is 9.83. The average Bonchev–Trinajstić information content (AvgIpc) is 2.55. The minimum atomic E-state index is -0.247. The summed E-state index contributed by atoms with van der Waals surface area (Å²) in [5.41, 5.74) is 7.65. The maximum Gasteiger partial charge on any atom is 0.252 e. The lowest BCUT2D eigenvalue weighted by Gasteiger charge is -2.43. The van der Waals surface area contributed by atoms with E-state index in [9.17, 15) is 9.59 Å². The van der Waals surface area contributed by atoms with Crippen molar-refractivity contribution in [2.75, 3.05) is 13.1 Å². The first-order valence-electron chi connectivity index (χ1n) is 8.36. The number of aliphatic imine (C=N–C) groups is 1. The van der Waals surface area contributed by atoms with Crippen LogP contribution in [0.5, 0.6) is 0 Å². The molecule has 130 valence electrons. The smallest absolute Gasteiger partial charge is 0.252 e. The molecular formula is C17H20N6O2. The van der Waals surface area contributed by atoms with Crippen molar-refractivity contribution in [3.63, 3.8) is 0 Å². The van der Waals surface area contributed by atoms with Gasteiger partial charge < -0.3 is 15.2 Å². The zero-order chi connectivity index (χ0) is 17.6. The summed E-state index contributed by atoms with van der Waals surface area (Å²) in [5.74, 6) is 1.16. The molecule has 2 aliphatic heterocycles. The van der Waals surface area contributed by atoms with Crippen molar-refractivity contribution in [2.24, 2.45) is 16.6 Å². The highest BCUT2D eigenvalue weighted by molar-refractivity contribution is 5.80. The number of rotatable bonds is 1. The van der Waals surface area contributed by atoms with Crippen LogP contribution >= 0.6 is 0 Å². The summed E-state index contributed by atoms with van der Waals surface area (Å²) < 4.78 is 1.88. The van der Waals surface area contributed by atoms with Crippen LogP contribution in [0, 0.1) is 12.8 Å². The lowest BCUT2D eigenvalue weighted by molar-refractivity contribution is 0.177. The fraction of sp³-hybridized carbons (Fsp3) is 0.412. The first-order chi connectivity index (χ1) is 12.0. The van der Waals surface area contributed by atoms with Crippen molar-refractivity contribution in [1.82, 2.24) is 19.4 Å². The molecule has 2 aromatic heterocycles. The Morgan fingerprint density at radius 1 is 1.32 bits per heavy atom. The van der Waals surface area contributed by atoms with Gasteiger partial charge >= 0.3 is 0 Å². The SMILES string of the molecule is Cc1cc(=O)[nH]c(N=C(N)N2C[C@H]3C[C@@H](C2)c2cccc(=O)n2C3)n1. The Kier molecular flexibility index (Phi) is 3.67. The number of guanidine groups is 1. The largest absolute Gasteiger partial charge is 0.369 e. The number of hydrogen-bond acceptors (Lipinski definition) is 4. The van der Waals surface area contributed by atoms with Crippen molar-refractivity contribution in [1.29, 1.82) is 0 Å². The van der Waals surface area contributed by atoms with E-state index in [1.165, 1.54) is 6.07 Å². The Hall–Kier alpha value is -2.90. The number of nitrogens with zero attached hydrogens (tertiary/aromatic N) is 4. The van der Waals surface area contributed by atoms with Crippen LogP contribution in [-0.2, 0) is 6.54 Å². The Morgan fingerprint density at radius 2 is 2.16 bits per heavy atom. The van der Waals surface area contributed by atoms with Crippen molar-refractivity contribution >= 4 is 11.9 Å². The molecule has 8 heteroatoms. The summed E-state index contributed by atoms with van der Waals surface area (Å²) >= 11 is 0. The highest BCUT2D eigenvalue weighted by atomic mass is 16.1. The van der Waals surface area contributed by atoms with Gasteiger partial charge in [-0.1, -0.05) is 6.07 Å². The second kappa shape index (κ2) is 5.87. The molecule has 0 aliphatic carbocycles. The van der Waals surface area contributed by atoms with E-state index in [1.54, 1.807) is 13.0 Å². The van der Waals surface area contributed by atoms with E-state index in [-0.39, 0.29) is 23.0 Å². The average molecular weight is 340 g/mol. The van der Waals surface area contributed by atoms with E-state index in [4.69, 9.17) is 5.73 Å². The summed E-state index contributed by atoms with van der Waals surface area (Å²) in [6.07, 6.45) is 1.05. The van der Waals surface area contributed by atoms with Gasteiger partial charge in [-0.25, -0.2) is 4.98 Å². The maximum absolute atomic E-state index is 12.1. The Bertz CT molecular complexity index is 960. The van der Waals surface area contributed by atoms with E-state index in [0.717, 1.165) is 18.7 Å². The summed E-state index contributed by atoms with van der Waals surface area (Å²) in [6.45, 7) is 3.88. The third-order valence-electron chi connectivity index (χ3n) is 4.88. The van der Waals surface area contributed by atoms with Crippen LogP contribution in [0.15, 0.2) is 38.8 Å². The maximum atomic E-state index is 12.1. The van der Waals surface area contributed by atoms with Crippen molar-refractivity contribution in [2.45, 2.75) is 25.8 Å². The quantitative estimate of drug-likeness (QED) is 0.573. The van der Waals surface area contributed by atoms with E-state index in [2.05, 4.69) is 15.0 Å². The van der Waals surface area contributed by atoms with Crippen LogP contribution in [-0.4, -0.2) is 38.5 Å². The molecule has 2 atom stereocenters. The van der Waals surface area contributed by atoms with Gasteiger partial charge in [0.1, 0.15) is 0 Å². The monoisotopic (exact) mass is 340 g/mol. The number of aromatic amines is 1. The van der Waals surface area contributed by atoms with Crippen LogP contribution in [0.1, 0.15) is 23.7 Å². The summed E-state index contributed by atoms with van der Waals surface area (Å²) in [5, 5.41) is 0. The van der Waals surface area contributed by atoms with Gasteiger partial charge in [0.15, 0.2) is 5.96 Å². The van der Waals surface area contributed by atoms with Gasteiger partial charge in [-0.15, -0.1) is 0 Å². The van der Waals surface area contributed by atoms with Crippen molar-refractivity contribution < 1.29 is 0 Å². The molecule has 0 spiro atoms. The second-order valence-corrected chi connectivity index (χ2v) is 6.78.